The maximum atomic E-state index is 8.31. The molecular weight excluding hydrogens is 160 g/mol. The molecule has 0 saturated heterocycles. The number of rotatable bonds is 7. The maximum Gasteiger partial charge on any atom is 0.0751 e. The number of aliphatic hydroxyl groups excluding tert-OH is 1. The van der Waals surface area contributed by atoms with Gasteiger partial charge < -0.3 is 5.11 Å². The van der Waals surface area contributed by atoms with Crippen molar-refractivity contribution in [2.45, 2.75) is 38.5 Å². The van der Waals surface area contributed by atoms with Crippen LogP contribution in [0, 0.1) is 0 Å². The number of hydrogen-bond donors (Lipinski definition) is 1. The summed E-state index contributed by atoms with van der Waals surface area (Å²) in [6.07, 6.45) is 9.99. The zero-order chi connectivity index (χ0) is 8.36. The summed E-state index contributed by atoms with van der Waals surface area (Å²) in [4.78, 5) is 0. The van der Waals surface area contributed by atoms with Gasteiger partial charge in [0.15, 0.2) is 0 Å². The summed E-state index contributed by atoms with van der Waals surface area (Å²) in [6.45, 7) is 0. The quantitative estimate of drug-likeness (QED) is 0.357. The highest BCUT2D eigenvalue weighted by Crippen LogP contribution is 2.05. The lowest BCUT2D eigenvalue weighted by molar-refractivity contribution is 0.469. The van der Waals surface area contributed by atoms with Crippen LogP contribution in [0.5, 0.6) is 0 Å². The number of allylic oxidation sites excluding steroid dienone is 1. The van der Waals surface area contributed by atoms with Crippen LogP contribution >= 0.6 is 11.6 Å². The Kier molecular flexibility index (Phi) is 9.68. The average molecular weight is 177 g/mol. The van der Waals surface area contributed by atoms with Gasteiger partial charge in [-0.05, 0) is 19.3 Å². The van der Waals surface area contributed by atoms with E-state index in [9.17, 15) is 0 Å². The summed E-state index contributed by atoms with van der Waals surface area (Å²) < 4.78 is 0. The van der Waals surface area contributed by atoms with Crippen LogP contribution < -0.4 is 0 Å². The van der Waals surface area contributed by atoms with E-state index in [1.807, 2.05) is 0 Å². The minimum atomic E-state index is 0.788. The van der Waals surface area contributed by atoms with E-state index in [1.54, 1.807) is 6.08 Å². The van der Waals surface area contributed by atoms with Gasteiger partial charge in [0.25, 0.3) is 0 Å². The number of halogens is 1. The van der Waals surface area contributed by atoms with Gasteiger partial charge in [0.2, 0.25) is 0 Å². The number of alkyl halides is 1. The Balaban J connectivity index is 2.79. The molecule has 0 unspecified atom stereocenters. The molecule has 0 aliphatic carbocycles. The van der Waals surface area contributed by atoms with Gasteiger partial charge in [0.1, 0.15) is 0 Å². The van der Waals surface area contributed by atoms with Gasteiger partial charge in [0.05, 0.1) is 6.26 Å². The summed E-state index contributed by atoms with van der Waals surface area (Å²) in [7, 11) is 0. The predicted octanol–water partition coefficient (Wildman–Crippen LogP) is 3.64. The molecule has 0 spiro atoms. The second kappa shape index (κ2) is 9.83. The van der Waals surface area contributed by atoms with Crippen molar-refractivity contribution in [3.05, 3.63) is 12.3 Å². The lowest BCUT2D eigenvalue weighted by Gasteiger charge is -1.96. The summed E-state index contributed by atoms with van der Waals surface area (Å²) >= 11 is 5.52. The van der Waals surface area contributed by atoms with Gasteiger partial charge in [-0.1, -0.05) is 25.3 Å². The van der Waals surface area contributed by atoms with Crippen molar-refractivity contribution < 1.29 is 5.11 Å². The topological polar surface area (TPSA) is 20.2 Å². The van der Waals surface area contributed by atoms with Crippen molar-refractivity contribution >= 4 is 11.6 Å². The molecule has 1 nitrogen and oxygen atoms in total. The van der Waals surface area contributed by atoms with Crippen molar-refractivity contribution in [3.8, 4) is 0 Å². The van der Waals surface area contributed by atoms with Gasteiger partial charge >= 0.3 is 0 Å². The summed E-state index contributed by atoms with van der Waals surface area (Å²) in [5.41, 5.74) is 0. The predicted molar refractivity (Wildman–Crippen MR) is 50.2 cm³/mol. The molecule has 0 aliphatic rings. The Morgan fingerprint density at radius 3 is 2.27 bits per heavy atom. The Morgan fingerprint density at radius 2 is 1.64 bits per heavy atom. The maximum absolute atomic E-state index is 8.31. The van der Waals surface area contributed by atoms with E-state index in [1.165, 1.54) is 25.7 Å². The molecule has 0 atom stereocenters. The highest BCUT2D eigenvalue weighted by molar-refractivity contribution is 6.17. The van der Waals surface area contributed by atoms with Crippen LogP contribution in [0.25, 0.3) is 0 Å². The third-order valence-electron chi connectivity index (χ3n) is 1.61. The Bertz CT molecular complexity index is 91.6. The van der Waals surface area contributed by atoms with Crippen molar-refractivity contribution in [1.82, 2.24) is 0 Å². The lowest BCUT2D eigenvalue weighted by atomic mass is 10.1. The Morgan fingerprint density at radius 1 is 1.00 bits per heavy atom. The van der Waals surface area contributed by atoms with Crippen molar-refractivity contribution in [2.24, 2.45) is 0 Å². The number of unbranched alkanes of at least 4 members (excludes halogenated alkanes) is 5. The third kappa shape index (κ3) is 9.83. The first-order valence-corrected chi connectivity index (χ1v) is 4.80. The lowest BCUT2D eigenvalue weighted by Crippen LogP contribution is -1.79. The molecule has 0 aromatic heterocycles. The molecule has 2 heteroatoms. The Labute approximate surface area is 74.1 Å². The summed E-state index contributed by atoms with van der Waals surface area (Å²) in [5, 5.41) is 8.31. The molecule has 1 N–H and O–H groups in total. The van der Waals surface area contributed by atoms with Crippen LogP contribution in [0.15, 0.2) is 12.3 Å². The SMILES string of the molecule is OC=CCCCCCCCCl. The highest BCUT2D eigenvalue weighted by Gasteiger charge is 1.87. The molecule has 0 heterocycles. The zero-order valence-electron chi connectivity index (χ0n) is 6.93. The van der Waals surface area contributed by atoms with E-state index in [4.69, 9.17) is 16.7 Å². The van der Waals surface area contributed by atoms with Crippen LogP contribution in [-0.4, -0.2) is 11.0 Å². The molecule has 0 aromatic rings. The zero-order valence-corrected chi connectivity index (χ0v) is 7.69. The highest BCUT2D eigenvalue weighted by atomic mass is 35.5. The van der Waals surface area contributed by atoms with Crippen LogP contribution in [0.4, 0.5) is 0 Å². The van der Waals surface area contributed by atoms with Crippen molar-refractivity contribution in [3.63, 3.8) is 0 Å². The molecule has 0 radical (unpaired) electrons. The van der Waals surface area contributed by atoms with E-state index in [0.29, 0.717) is 0 Å². The van der Waals surface area contributed by atoms with Crippen molar-refractivity contribution in [2.75, 3.05) is 5.88 Å². The molecule has 0 amide bonds. The van der Waals surface area contributed by atoms with Gasteiger partial charge in [0, 0.05) is 5.88 Å². The fourth-order valence-electron chi connectivity index (χ4n) is 0.962. The molecule has 11 heavy (non-hydrogen) atoms. The molecule has 0 rings (SSSR count). The fraction of sp³-hybridized carbons (Fsp3) is 0.778. The summed E-state index contributed by atoms with van der Waals surface area (Å²) in [6, 6.07) is 0. The van der Waals surface area contributed by atoms with Crippen molar-refractivity contribution in [1.29, 1.82) is 0 Å². The minimum Gasteiger partial charge on any atom is -0.516 e. The largest absolute Gasteiger partial charge is 0.516 e. The third-order valence-corrected chi connectivity index (χ3v) is 1.88. The van der Waals surface area contributed by atoms with Crippen LogP contribution in [-0.2, 0) is 0 Å². The second-order valence-corrected chi connectivity index (χ2v) is 3.01. The van der Waals surface area contributed by atoms with Crippen LogP contribution in [0.1, 0.15) is 38.5 Å². The van der Waals surface area contributed by atoms with E-state index in [2.05, 4.69) is 0 Å². The molecule has 0 saturated carbocycles. The van der Waals surface area contributed by atoms with Crippen LogP contribution in [0.3, 0.4) is 0 Å². The number of hydrogen-bond acceptors (Lipinski definition) is 1. The molecule has 66 valence electrons. The molecule has 0 fully saturated rings. The van der Waals surface area contributed by atoms with E-state index in [-0.39, 0.29) is 0 Å². The molecule has 0 aromatic carbocycles. The number of aliphatic hydroxyl groups is 1. The monoisotopic (exact) mass is 176 g/mol. The first kappa shape index (κ1) is 10.8. The normalized spacial score (nSPS) is 11.0. The second-order valence-electron chi connectivity index (χ2n) is 2.63. The van der Waals surface area contributed by atoms with Crippen LogP contribution in [0.2, 0.25) is 0 Å². The fourth-order valence-corrected chi connectivity index (χ4v) is 1.15. The Hall–Kier alpha value is -0.170. The standard InChI is InChI=1S/C9H17ClO/c10-8-6-4-2-1-3-5-7-9-11/h7,9,11H,1-6,8H2. The van der Waals surface area contributed by atoms with Gasteiger partial charge in [-0.3, -0.25) is 0 Å². The minimum absolute atomic E-state index is 0.788. The van der Waals surface area contributed by atoms with E-state index in [0.717, 1.165) is 25.0 Å². The van der Waals surface area contributed by atoms with Gasteiger partial charge in [-0.15, -0.1) is 11.6 Å². The molecular formula is C9H17ClO. The average Bonchev–Trinajstić information content (AvgIpc) is 2.03. The van der Waals surface area contributed by atoms with Gasteiger partial charge in [-0.2, -0.15) is 0 Å². The van der Waals surface area contributed by atoms with E-state index < -0.39 is 0 Å². The van der Waals surface area contributed by atoms with Gasteiger partial charge in [-0.25, -0.2) is 0 Å². The smallest absolute Gasteiger partial charge is 0.0751 e. The summed E-state index contributed by atoms with van der Waals surface area (Å²) in [5.74, 6) is 0.788. The molecule has 0 aliphatic heterocycles. The first-order valence-electron chi connectivity index (χ1n) is 4.27. The molecule has 0 bridgehead atoms. The first-order chi connectivity index (χ1) is 5.41. The van der Waals surface area contributed by atoms with E-state index >= 15 is 0 Å².